The molecule has 0 aromatic rings. The first-order valence-electron chi connectivity index (χ1n) is 5.00. The Kier molecular flexibility index (Phi) is 5.28. The van der Waals surface area contributed by atoms with Crippen LogP contribution < -0.4 is 5.32 Å². The highest BCUT2D eigenvalue weighted by Crippen LogP contribution is 2.06. The summed E-state index contributed by atoms with van der Waals surface area (Å²) in [6.07, 6.45) is 2.86. The first kappa shape index (κ1) is 13.0. The second-order valence-corrected chi connectivity index (χ2v) is 4.11. The molecule has 0 fully saturated rings. The van der Waals surface area contributed by atoms with Gasteiger partial charge < -0.3 is 10.1 Å². The molecule has 0 aliphatic rings. The molecule has 0 saturated heterocycles. The molecule has 3 heteroatoms. The Hall–Kier alpha value is -0.990. The second kappa shape index (κ2) is 5.68. The van der Waals surface area contributed by atoms with Crippen molar-refractivity contribution in [1.82, 2.24) is 5.32 Å². The van der Waals surface area contributed by atoms with Crippen LogP contribution in [0.5, 0.6) is 0 Å². The van der Waals surface area contributed by atoms with E-state index in [1.807, 2.05) is 40.7 Å². The van der Waals surface area contributed by atoms with Crippen molar-refractivity contribution in [3.05, 3.63) is 11.8 Å². The van der Waals surface area contributed by atoms with Crippen molar-refractivity contribution in [2.75, 3.05) is 6.54 Å². The van der Waals surface area contributed by atoms with Gasteiger partial charge in [0.2, 0.25) is 0 Å². The van der Waals surface area contributed by atoms with Crippen molar-refractivity contribution in [2.45, 2.75) is 46.6 Å². The highest BCUT2D eigenvalue weighted by atomic mass is 16.6. The van der Waals surface area contributed by atoms with E-state index in [-0.39, 0.29) is 12.5 Å². The lowest BCUT2D eigenvalue weighted by atomic mass is 10.2. The molecule has 0 heterocycles. The maximum absolute atomic E-state index is 11.3. The first-order valence-corrected chi connectivity index (χ1v) is 5.00. The zero-order chi connectivity index (χ0) is 11.2. The summed E-state index contributed by atoms with van der Waals surface area (Å²) in [7, 11) is 0. The van der Waals surface area contributed by atoms with E-state index in [2.05, 4.69) is 5.32 Å². The summed E-state index contributed by atoms with van der Waals surface area (Å²) in [5.74, 6) is -0.217. The smallest absolute Gasteiger partial charge is 0.325 e. The van der Waals surface area contributed by atoms with Gasteiger partial charge in [-0.3, -0.25) is 4.79 Å². The molecular weight excluding hydrogens is 178 g/mol. The summed E-state index contributed by atoms with van der Waals surface area (Å²) >= 11 is 0. The number of ether oxygens (including phenoxy) is 1. The molecule has 3 nitrogen and oxygen atoms in total. The lowest BCUT2D eigenvalue weighted by molar-refractivity contribution is -0.153. The van der Waals surface area contributed by atoms with Crippen molar-refractivity contribution in [1.29, 1.82) is 0 Å². The molecule has 0 unspecified atom stereocenters. The van der Waals surface area contributed by atoms with Crippen LogP contribution in [0.3, 0.4) is 0 Å². The van der Waals surface area contributed by atoms with E-state index in [0.717, 1.165) is 12.1 Å². The fourth-order valence-corrected chi connectivity index (χ4v) is 0.994. The Balaban J connectivity index is 3.86. The van der Waals surface area contributed by atoms with Crippen molar-refractivity contribution in [3.63, 3.8) is 0 Å². The molecule has 0 aliphatic carbocycles. The molecule has 0 radical (unpaired) electrons. The number of hydrogen-bond acceptors (Lipinski definition) is 3. The van der Waals surface area contributed by atoms with Crippen LogP contribution in [-0.2, 0) is 9.53 Å². The summed E-state index contributed by atoms with van der Waals surface area (Å²) < 4.78 is 5.15. The van der Waals surface area contributed by atoms with Gasteiger partial charge in [0, 0.05) is 5.70 Å². The Morgan fingerprint density at radius 2 is 2.00 bits per heavy atom. The van der Waals surface area contributed by atoms with Gasteiger partial charge in [-0.2, -0.15) is 0 Å². The molecule has 0 aromatic heterocycles. The van der Waals surface area contributed by atoms with Crippen LogP contribution in [0.2, 0.25) is 0 Å². The van der Waals surface area contributed by atoms with Crippen molar-refractivity contribution in [2.24, 2.45) is 0 Å². The molecule has 0 spiro atoms. The highest BCUT2D eigenvalue weighted by molar-refractivity contribution is 5.72. The minimum absolute atomic E-state index is 0.217. The van der Waals surface area contributed by atoms with Gasteiger partial charge in [0.25, 0.3) is 0 Å². The molecule has 0 aromatic carbocycles. The fourth-order valence-electron chi connectivity index (χ4n) is 0.994. The van der Waals surface area contributed by atoms with Gasteiger partial charge in [-0.25, -0.2) is 0 Å². The summed E-state index contributed by atoms with van der Waals surface area (Å²) in [5, 5.41) is 3.03. The average Bonchev–Trinajstić information content (AvgIpc) is 2.03. The minimum Gasteiger partial charge on any atom is -0.459 e. The van der Waals surface area contributed by atoms with E-state index in [9.17, 15) is 4.79 Å². The molecule has 14 heavy (non-hydrogen) atoms. The molecule has 0 saturated carbocycles. The Labute approximate surface area is 86.5 Å². The van der Waals surface area contributed by atoms with Gasteiger partial charge >= 0.3 is 5.97 Å². The van der Waals surface area contributed by atoms with Crippen LogP contribution in [0, 0.1) is 0 Å². The molecule has 0 atom stereocenters. The van der Waals surface area contributed by atoms with Crippen molar-refractivity contribution >= 4 is 5.97 Å². The number of hydrogen-bond donors (Lipinski definition) is 1. The third-order valence-electron chi connectivity index (χ3n) is 1.61. The third kappa shape index (κ3) is 6.52. The normalized spacial score (nSPS) is 12.5. The number of carbonyl (C=O) groups excluding carboxylic acids is 1. The first-order chi connectivity index (χ1) is 6.39. The summed E-state index contributed by atoms with van der Waals surface area (Å²) in [6.45, 7) is 9.81. The van der Waals surface area contributed by atoms with E-state index in [4.69, 9.17) is 4.74 Å². The Morgan fingerprint density at radius 3 is 2.36 bits per heavy atom. The fraction of sp³-hybridized carbons (Fsp3) is 0.727. The minimum atomic E-state index is -0.402. The lowest BCUT2D eigenvalue weighted by Gasteiger charge is -2.20. The Bertz CT molecular complexity index is 214. The summed E-state index contributed by atoms with van der Waals surface area (Å²) in [5.41, 5.74) is 0.664. The summed E-state index contributed by atoms with van der Waals surface area (Å²) in [6, 6.07) is 0. The molecule has 1 N–H and O–H groups in total. The van der Waals surface area contributed by atoms with Gasteiger partial charge in [-0.05, 0) is 34.1 Å². The van der Waals surface area contributed by atoms with Crippen LogP contribution >= 0.6 is 0 Å². The van der Waals surface area contributed by atoms with Crippen LogP contribution in [-0.4, -0.2) is 18.1 Å². The van der Waals surface area contributed by atoms with Crippen LogP contribution in [0.15, 0.2) is 11.8 Å². The van der Waals surface area contributed by atoms with Crippen LogP contribution in [0.4, 0.5) is 0 Å². The SMILES string of the molecule is C/C=C(\CC)NCC(=O)OC(C)(C)C. The number of allylic oxidation sites excluding steroid dienone is 2. The average molecular weight is 199 g/mol. The zero-order valence-corrected chi connectivity index (χ0v) is 9.81. The Morgan fingerprint density at radius 1 is 1.43 bits per heavy atom. The van der Waals surface area contributed by atoms with Gasteiger partial charge in [-0.15, -0.1) is 0 Å². The molecule has 0 amide bonds. The number of carbonyl (C=O) groups is 1. The van der Waals surface area contributed by atoms with Crippen molar-refractivity contribution < 1.29 is 9.53 Å². The monoisotopic (exact) mass is 199 g/mol. The lowest BCUT2D eigenvalue weighted by Crippen LogP contribution is -2.31. The molecule has 0 bridgehead atoms. The van der Waals surface area contributed by atoms with E-state index in [0.29, 0.717) is 0 Å². The second-order valence-electron chi connectivity index (χ2n) is 4.11. The van der Waals surface area contributed by atoms with Gasteiger partial charge in [-0.1, -0.05) is 13.0 Å². The van der Waals surface area contributed by atoms with Crippen LogP contribution in [0.25, 0.3) is 0 Å². The van der Waals surface area contributed by atoms with Gasteiger partial charge in [0.05, 0.1) is 0 Å². The highest BCUT2D eigenvalue weighted by Gasteiger charge is 2.15. The number of nitrogens with one attached hydrogen (secondary N) is 1. The maximum atomic E-state index is 11.3. The molecule has 0 aliphatic heterocycles. The standard InChI is InChI=1S/C11H21NO2/c1-6-9(7-2)12-8-10(13)14-11(3,4)5/h6,12H,7-8H2,1-5H3/b9-6+. The molecular formula is C11H21NO2. The van der Waals surface area contributed by atoms with E-state index < -0.39 is 5.60 Å². The van der Waals surface area contributed by atoms with E-state index in [1.165, 1.54) is 0 Å². The van der Waals surface area contributed by atoms with E-state index >= 15 is 0 Å². The maximum Gasteiger partial charge on any atom is 0.325 e. The van der Waals surface area contributed by atoms with Gasteiger partial charge in [0.15, 0.2) is 0 Å². The largest absolute Gasteiger partial charge is 0.459 e. The zero-order valence-electron chi connectivity index (χ0n) is 9.81. The quantitative estimate of drug-likeness (QED) is 0.706. The predicted octanol–water partition coefficient (Wildman–Crippen LogP) is 2.23. The van der Waals surface area contributed by atoms with E-state index in [1.54, 1.807) is 0 Å². The van der Waals surface area contributed by atoms with Gasteiger partial charge in [0.1, 0.15) is 12.1 Å². The third-order valence-corrected chi connectivity index (χ3v) is 1.61. The summed E-state index contributed by atoms with van der Waals surface area (Å²) in [4.78, 5) is 11.3. The molecule has 0 rings (SSSR count). The topological polar surface area (TPSA) is 38.3 Å². The molecule has 82 valence electrons. The number of rotatable bonds is 4. The van der Waals surface area contributed by atoms with Crippen LogP contribution in [0.1, 0.15) is 41.0 Å². The number of esters is 1. The van der Waals surface area contributed by atoms with Crippen molar-refractivity contribution in [3.8, 4) is 0 Å². The predicted molar refractivity (Wildman–Crippen MR) is 57.9 cm³/mol.